The number of nitrogens with one attached hydrogen (secondary N) is 1. The van der Waals surface area contributed by atoms with Crippen molar-refractivity contribution in [3.8, 4) is 5.75 Å². The summed E-state index contributed by atoms with van der Waals surface area (Å²) in [6, 6.07) is 5.66. The first kappa shape index (κ1) is 12.3. The van der Waals surface area contributed by atoms with E-state index in [9.17, 15) is 0 Å². The number of rotatable bonds is 6. The lowest BCUT2D eigenvalue weighted by Gasteiger charge is -2.07. The molecule has 0 aliphatic rings. The van der Waals surface area contributed by atoms with Gasteiger partial charge in [0, 0.05) is 6.54 Å². The van der Waals surface area contributed by atoms with Crippen molar-refractivity contribution >= 4 is 11.6 Å². The van der Waals surface area contributed by atoms with Gasteiger partial charge in [0.15, 0.2) is 0 Å². The quantitative estimate of drug-likeness (QED) is 0.758. The molecular weight excluding hydrogens is 214 g/mol. The topological polar surface area (TPSA) is 30.5 Å². The van der Waals surface area contributed by atoms with Crippen molar-refractivity contribution in [1.82, 2.24) is 5.32 Å². The third-order valence-corrected chi connectivity index (χ3v) is 2.28. The zero-order valence-corrected chi connectivity index (χ0v) is 9.80. The van der Waals surface area contributed by atoms with Crippen LogP contribution in [0.2, 0.25) is 5.02 Å². The molecule has 0 bridgehead atoms. The highest BCUT2D eigenvalue weighted by Crippen LogP contribution is 2.25. The summed E-state index contributed by atoms with van der Waals surface area (Å²) >= 11 is 5.98. The van der Waals surface area contributed by atoms with Crippen LogP contribution in [0.5, 0.6) is 5.75 Å². The number of halogens is 1. The minimum atomic E-state index is 0.575. The van der Waals surface area contributed by atoms with Gasteiger partial charge in [0.05, 0.1) is 25.3 Å². The first-order chi connectivity index (χ1) is 7.27. The molecule has 0 unspecified atom stereocenters. The van der Waals surface area contributed by atoms with E-state index in [0.29, 0.717) is 24.0 Å². The number of hydrogen-bond acceptors (Lipinski definition) is 3. The maximum Gasteiger partial charge on any atom is 0.137 e. The monoisotopic (exact) mass is 229 g/mol. The third-order valence-electron chi connectivity index (χ3n) is 1.98. The molecule has 0 spiro atoms. The minimum absolute atomic E-state index is 0.575. The van der Waals surface area contributed by atoms with Crippen LogP contribution in [0.3, 0.4) is 0 Å². The molecule has 0 saturated heterocycles. The molecule has 3 nitrogen and oxygen atoms in total. The maximum atomic E-state index is 5.98. The molecule has 1 rings (SSSR count). The SMILES string of the molecule is CNCCOCc1ccc(OC)c(Cl)c1. The van der Waals surface area contributed by atoms with Crippen LogP contribution in [0, 0.1) is 0 Å². The standard InChI is InChI=1S/C11H16ClNO2/c1-13-5-6-15-8-9-3-4-11(14-2)10(12)7-9/h3-4,7,13H,5-6,8H2,1-2H3. The van der Waals surface area contributed by atoms with Gasteiger partial charge in [-0.2, -0.15) is 0 Å². The summed E-state index contributed by atoms with van der Waals surface area (Å²) in [5, 5.41) is 3.63. The van der Waals surface area contributed by atoms with E-state index in [4.69, 9.17) is 21.1 Å². The first-order valence-electron chi connectivity index (χ1n) is 4.82. The Morgan fingerprint density at radius 1 is 1.40 bits per heavy atom. The van der Waals surface area contributed by atoms with Crippen LogP contribution in [-0.4, -0.2) is 27.3 Å². The van der Waals surface area contributed by atoms with Crippen molar-refractivity contribution in [2.24, 2.45) is 0 Å². The second-order valence-corrected chi connectivity index (χ2v) is 3.53. The van der Waals surface area contributed by atoms with Gasteiger partial charge >= 0.3 is 0 Å². The molecule has 0 atom stereocenters. The lowest BCUT2D eigenvalue weighted by Crippen LogP contribution is -2.13. The minimum Gasteiger partial charge on any atom is -0.495 e. The summed E-state index contributed by atoms with van der Waals surface area (Å²) < 4.78 is 10.5. The summed E-state index contributed by atoms with van der Waals surface area (Å²) in [5.74, 6) is 0.690. The predicted octanol–water partition coefficient (Wildman–Crippen LogP) is 2.08. The van der Waals surface area contributed by atoms with E-state index in [1.165, 1.54) is 0 Å². The van der Waals surface area contributed by atoms with Gasteiger partial charge in [-0.25, -0.2) is 0 Å². The van der Waals surface area contributed by atoms with Gasteiger partial charge < -0.3 is 14.8 Å². The van der Waals surface area contributed by atoms with E-state index < -0.39 is 0 Å². The first-order valence-corrected chi connectivity index (χ1v) is 5.20. The predicted molar refractivity (Wildman–Crippen MR) is 61.6 cm³/mol. The van der Waals surface area contributed by atoms with Crippen molar-refractivity contribution in [3.05, 3.63) is 28.8 Å². The highest BCUT2D eigenvalue weighted by Gasteiger charge is 2.01. The highest BCUT2D eigenvalue weighted by atomic mass is 35.5. The molecule has 15 heavy (non-hydrogen) atoms. The second-order valence-electron chi connectivity index (χ2n) is 3.13. The van der Waals surface area contributed by atoms with E-state index in [1.54, 1.807) is 7.11 Å². The van der Waals surface area contributed by atoms with Crippen LogP contribution in [-0.2, 0) is 11.3 Å². The average molecular weight is 230 g/mol. The van der Waals surface area contributed by atoms with Crippen LogP contribution in [0.1, 0.15) is 5.56 Å². The van der Waals surface area contributed by atoms with Crippen LogP contribution in [0.15, 0.2) is 18.2 Å². The van der Waals surface area contributed by atoms with Crippen molar-refractivity contribution in [1.29, 1.82) is 0 Å². The van der Waals surface area contributed by atoms with Crippen LogP contribution in [0.25, 0.3) is 0 Å². The van der Waals surface area contributed by atoms with E-state index in [1.807, 2.05) is 25.2 Å². The molecule has 0 amide bonds. The molecule has 1 aromatic rings. The lowest BCUT2D eigenvalue weighted by molar-refractivity contribution is 0.124. The molecular formula is C11H16ClNO2. The van der Waals surface area contributed by atoms with E-state index in [2.05, 4.69) is 5.32 Å². The van der Waals surface area contributed by atoms with Gasteiger partial charge in [-0.3, -0.25) is 0 Å². The molecule has 0 aromatic heterocycles. The van der Waals surface area contributed by atoms with Crippen molar-refractivity contribution in [2.75, 3.05) is 27.3 Å². The number of ether oxygens (including phenoxy) is 2. The zero-order valence-electron chi connectivity index (χ0n) is 9.05. The fourth-order valence-electron chi connectivity index (χ4n) is 1.16. The largest absolute Gasteiger partial charge is 0.495 e. The Labute approximate surface area is 95.3 Å². The Hall–Kier alpha value is -0.770. The Kier molecular flexibility index (Phi) is 5.47. The van der Waals surface area contributed by atoms with Gasteiger partial charge in [-0.05, 0) is 24.7 Å². The summed E-state index contributed by atoms with van der Waals surface area (Å²) in [6.45, 7) is 2.12. The Bertz CT molecular complexity index is 305. The second kappa shape index (κ2) is 6.67. The number of likely N-dealkylation sites (N-methyl/N-ethyl adjacent to an activating group) is 1. The van der Waals surface area contributed by atoms with Crippen LogP contribution < -0.4 is 10.1 Å². The normalized spacial score (nSPS) is 10.3. The smallest absolute Gasteiger partial charge is 0.137 e. The lowest BCUT2D eigenvalue weighted by atomic mass is 10.2. The summed E-state index contributed by atoms with van der Waals surface area (Å²) in [5.41, 5.74) is 1.05. The van der Waals surface area contributed by atoms with Gasteiger partial charge in [-0.15, -0.1) is 0 Å². The fraction of sp³-hybridized carbons (Fsp3) is 0.455. The van der Waals surface area contributed by atoms with Crippen molar-refractivity contribution in [3.63, 3.8) is 0 Å². The number of hydrogen-bond donors (Lipinski definition) is 1. The molecule has 0 heterocycles. The van der Waals surface area contributed by atoms with Crippen molar-refractivity contribution < 1.29 is 9.47 Å². The molecule has 1 aromatic carbocycles. The van der Waals surface area contributed by atoms with E-state index in [-0.39, 0.29) is 0 Å². The average Bonchev–Trinajstić information content (AvgIpc) is 2.25. The molecule has 0 aliphatic carbocycles. The molecule has 0 fully saturated rings. The van der Waals surface area contributed by atoms with Gasteiger partial charge in [0.1, 0.15) is 5.75 Å². The van der Waals surface area contributed by atoms with Crippen molar-refractivity contribution in [2.45, 2.75) is 6.61 Å². The van der Waals surface area contributed by atoms with Crippen LogP contribution in [0.4, 0.5) is 0 Å². The number of methoxy groups -OCH3 is 1. The highest BCUT2D eigenvalue weighted by molar-refractivity contribution is 6.32. The summed E-state index contributed by atoms with van der Waals surface area (Å²) in [6.07, 6.45) is 0. The summed E-state index contributed by atoms with van der Waals surface area (Å²) in [4.78, 5) is 0. The maximum absolute atomic E-state index is 5.98. The summed E-state index contributed by atoms with van der Waals surface area (Å²) in [7, 11) is 3.50. The molecule has 0 saturated carbocycles. The Balaban J connectivity index is 2.45. The molecule has 4 heteroatoms. The van der Waals surface area contributed by atoms with Gasteiger partial charge in [0.2, 0.25) is 0 Å². The third kappa shape index (κ3) is 4.08. The van der Waals surface area contributed by atoms with E-state index >= 15 is 0 Å². The zero-order chi connectivity index (χ0) is 11.1. The fourth-order valence-corrected chi connectivity index (χ4v) is 1.44. The van der Waals surface area contributed by atoms with Crippen LogP contribution >= 0.6 is 11.6 Å². The molecule has 0 radical (unpaired) electrons. The Morgan fingerprint density at radius 2 is 2.20 bits per heavy atom. The number of benzene rings is 1. The molecule has 0 aliphatic heterocycles. The molecule has 1 N–H and O–H groups in total. The molecule has 84 valence electrons. The Morgan fingerprint density at radius 3 is 2.80 bits per heavy atom. The van der Waals surface area contributed by atoms with Gasteiger partial charge in [0.25, 0.3) is 0 Å². The van der Waals surface area contributed by atoms with E-state index in [0.717, 1.165) is 12.1 Å². The van der Waals surface area contributed by atoms with Gasteiger partial charge in [-0.1, -0.05) is 17.7 Å².